The number of nitrogens with one attached hydrogen (secondary N) is 1. The van der Waals surface area contributed by atoms with Gasteiger partial charge in [-0.2, -0.15) is 0 Å². The molecule has 5 rings (SSSR count). The van der Waals surface area contributed by atoms with Crippen molar-refractivity contribution in [2.24, 2.45) is 0 Å². The van der Waals surface area contributed by atoms with Crippen LogP contribution in [0.15, 0.2) is 102 Å². The van der Waals surface area contributed by atoms with E-state index in [1.807, 2.05) is 19.1 Å². The number of rotatable bonds is 10. The third kappa shape index (κ3) is 7.17. The standard InChI is InChI=1S/C33H34ClN3O3S/c1-25-8-18-30(19-9-25)41(39,40)37(24-28-14-16-29(34)17-15-28)32-7-3-2-6-31(32)33(38)35-22-26-10-12-27(13-11-26)23-36-20-4-5-21-36/h2-3,6-19H,4-5,20-24H2,1H3,(H,35,38). The highest BCUT2D eigenvalue weighted by molar-refractivity contribution is 7.92. The molecule has 6 nitrogen and oxygen atoms in total. The number of hydrogen-bond acceptors (Lipinski definition) is 4. The molecule has 1 heterocycles. The molecule has 8 heteroatoms. The van der Waals surface area contributed by atoms with Gasteiger partial charge in [-0.15, -0.1) is 0 Å². The Balaban J connectivity index is 1.39. The number of nitrogens with zero attached hydrogens (tertiary/aromatic N) is 2. The van der Waals surface area contributed by atoms with Gasteiger partial charge in [-0.3, -0.25) is 14.0 Å². The van der Waals surface area contributed by atoms with E-state index in [4.69, 9.17) is 11.6 Å². The maximum absolute atomic E-state index is 14.0. The van der Waals surface area contributed by atoms with Crippen LogP contribution in [0.2, 0.25) is 5.02 Å². The number of para-hydroxylation sites is 1. The SMILES string of the molecule is Cc1ccc(S(=O)(=O)N(Cc2ccc(Cl)cc2)c2ccccc2C(=O)NCc2ccc(CN3CCCC3)cc2)cc1. The number of carbonyl (C=O) groups is 1. The number of carbonyl (C=O) groups excluding carboxylic acids is 1. The molecule has 4 aromatic carbocycles. The van der Waals surface area contributed by atoms with Crippen molar-refractivity contribution < 1.29 is 13.2 Å². The summed E-state index contributed by atoms with van der Waals surface area (Å²) in [5, 5.41) is 3.55. The van der Waals surface area contributed by atoms with Crippen molar-refractivity contribution in [2.75, 3.05) is 17.4 Å². The Hall–Kier alpha value is -3.65. The zero-order valence-electron chi connectivity index (χ0n) is 23.1. The lowest BCUT2D eigenvalue weighted by Crippen LogP contribution is -2.33. The van der Waals surface area contributed by atoms with Gasteiger partial charge in [0, 0.05) is 18.1 Å². The van der Waals surface area contributed by atoms with E-state index in [1.165, 1.54) is 22.7 Å². The summed E-state index contributed by atoms with van der Waals surface area (Å²) >= 11 is 6.08. The Morgan fingerprint density at radius 1 is 0.829 bits per heavy atom. The first kappa shape index (κ1) is 28.9. The van der Waals surface area contributed by atoms with Crippen LogP contribution in [-0.4, -0.2) is 32.3 Å². The zero-order chi connectivity index (χ0) is 28.8. The first-order chi connectivity index (χ1) is 19.8. The van der Waals surface area contributed by atoms with Crippen LogP contribution < -0.4 is 9.62 Å². The second-order valence-corrected chi connectivity index (χ2v) is 12.7. The van der Waals surface area contributed by atoms with Gasteiger partial charge < -0.3 is 5.32 Å². The fourth-order valence-electron chi connectivity index (χ4n) is 5.01. The Kier molecular flexibility index (Phi) is 9.08. The summed E-state index contributed by atoms with van der Waals surface area (Å²) in [7, 11) is -4.00. The van der Waals surface area contributed by atoms with E-state index in [2.05, 4.69) is 22.3 Å². The topological polar surface area (TPSA) is 69.7 Å². The molecular weight excluding hydrogens is 554 g/mol. The van der Waals surface area contributed by atoms with E-state index < -0.39 is 10.0 Å². The van der Waals surface area contributed by atoms with E-state index in [1.54, 1.807) is 72.8 Å². The molecule has 0 aromatic heterocycles. The van der Waals surface area contributed by atoms with Gasteiger partial charge in [-0.25, -0.2) is 8.42 Å². The summed E-state index contributed by atoms with van der Waals surface area (Å²) in [4.78, 5) is 16.1. The van der Waals surface area contributed by atoms with Crippen molar-refractivity contribution in [3.63, 3.8) is 0 Å². The van der Waals surface area contributed by atoms with Gasteiger partial charge >= 0.3 is 0 Å². The van der Waals surface area contributed by atoms with Crippen molar-refractivity contribution in [2.45, 2.75) is 44.3 Å². The maximum Gasteiger partial charge on any atom is 0.264 e. The van der Waals surface area contributed by atoms with E-state index in [0.717, 1.165) is 36.3 Å². The molecule has 0 radical (unpaired) electrons. The molecule has 41 heavy (non-hydrogen) atoms. The zero-order valence-corrected chi connectivity index (χ0v) is 24.7. The normalized spacial score (nSPS) is 13.7. The molecule has 212 valence electrons. The molecule has 1 N–H and O–H groups in total. The van der Waals surface area contributed by atoms with Gasteiger partial charge in [0.05, 0.1) is 22.7 Å². The molecule has 1 fully saturated rings. The summed E-state index contributed by atoms with van der Waals surface area (Å²) in [6.45, 7) is 5.51. The molecule has 1 saturated heterocycles. The molecule has 0 saturated carbocycles. The fraction of sp³-hybridized carbons (Fsp3) is 0.242. The van der Waals surface area contributed by atoms with Crippen LogP contribution in [0.3, 0.4) is 0 Å². The van der Waals surface area contributed by atoms with Crippen molar-refractivity contribution in [1.82, 2.24) is 10.2 Å². The van der Waals surface area contributed by atoms with Crippen LogP contribution in [0.1, 0.15) is 45.5 Å². The number of anilines is 1. The van der Waals surface area contributed by atoms with Crippen LogP contribution in [0.25, 0.3) is 0 Å². The number of likely N-dealkylation sites (tertiary alicyclic amines) is 1. The minimum Gasteiger partial charge on any atom is -0.348 e. The van der Waals surface area contributed by atoms with Crippen molar-refractivity contribution in [1.29, 1.82) is 0 Å². The molecule has 0 aliphatic carbocycles. The number of benzene rings is 4. The molecule has 0 atom stereocenters. The highest BCUT2D eigenvalue weighted by Crippen LogP contribution is 2.30. The van der Waals surface area contributed by atoms with Crippen molar-refractivity contribution >= 4 is 33.2 Å². The lowest BCUT2D eigenvalue weighted by atomic mass is 10.1. The number of sulfonamides is 1. The lowest BCUT2D eigenvalue weighted by molar-refractivity contribution is 0.0951. The van der Waals surface area contributed by atoms with Gasteiger partial charge in [0.15, 0.2) is 0 Å². The van der Waals surface area contributed by atoms with Crippen LogP contribution in [0.4, 0.5) is 5.69 Å². The third-order valence-electron chi connectivity index (χ3n) is 7.35. The molecule has 1 amide bonds. The number of hydrogen-bond donors (Lipinski definition) is 1. The largest absolute Gasteiger partial charge is 0.348 e. The van der Waals surface area contributed by atoms with Crippen molar-refractivity contribution in [3.8, 4) is 0 Å². The third-order valence-corrected chi connectivity index (χ3v) is 9.37. The minimum atomic E-state index is -4.00. The average molecular weight is 588 g/mol. The van der Waals surface area contributed by atoms with Crippen LogP contribution in [0.5, 0.6) is 0 Å². The van der Waals surface area contributed by atoms with E-state index in [0.29, 0.717) is 17.3 Å². The maximum atomic E-state index is 14.0. The van der Waals surface area contributed by atoms with Gasteiger partial charge in [0.1, 0.15) is 0 Å². The Labute approximate surface area is 247 Å². The molecule has 1 aliphatic heterocycles. The fourth-order valence-corrected chi connectivity index (χ4v) is 6.61. The number of amides is 1. The van der Waals surface area contributed by atoms with Crippen LogP contribution >= 0.6 is 11.6 Å². The summed E-state index contributed by atoms with van der Waals surface area (Å²) in [5.74, 6) is -0.345. The Bertz CT molecular complexity index is 1580. The molecule has 4 aromatic rings. The van der Waals surface area contributed by atoms with Crippen LogP contribution in [-0.2, 0) is 29.7 Å². The summed E-state index contributed by atoms with van der Waals surface area (Å²) < 4.78 is 29.3. The number of halogens is 1. The summed E-state index contributed by atoms with van der Waals surface area (Å²) in [5.41, 5.74) is 4.52. The minimum absolute atomic E-state index is 0.0378. The van der Waals surface area contributed by atoms with Gasteiger partial charge in [0.2, 0.25) is 0 Å². The predicted octanol–water partition coefficient (Wildman–Crippen LogP) is 6.57. The second-order valence-electron chi connectivity index (χ2n) is 10.5. The van der Waals surface area contributed by atoms with E-state index in [-0.39, 0.29) is 22.9 Å². The summed E-state index contributed by atoms with van der Waals surface area (Å²) in [6.07, 6.45) is 2.52. The lowest BCUT2D eigenvalue weighted by Gasteiger charge is -2.27. The molecule has 0 unspecified atom stereocenters. The first-order valence-corrected chi connectivity index (χ1v) is 15.6. The number of aryl methyl sites for hydroxylation is 1. The highest BCUT2D eigenvalue weighted by Gasteiger charge is 2.28. The van der Waals surface area contributed by atoms with Gasteiger partial charge in [-0.05, 0) is 85.9 Å². The smallest absolute Gasteiger partial charge is 0.264 e. The van der Waals surface area contributed by atoms with Gasteiger partial charge in [0.25, 0.3) is 15.9 Å². The molecule has 1 aliphatic rings. The monoisotopic (exact) mass is 587 g/mol. The average Bonchev–Trinajstić information content (AvgIpc) is 3.49. The molecule has 0 bridgehead atoms. The summed E-state index contributed by atoms with van der Waals surface area (Å²) in [6, 6.07) is 28.8. The predicted molar refractivity (Wildman–Crippen MR) is 165 cm³/mol. The van der Waals surface area contributed by atoms with E-state index in [9.17, 15) is 13.2 Å². The molecular formula is C33H34ClN3O3S. The van der Waals surface area contributed by atoms with E-state index >= 15 is 0 Å². The quantitative estimate of drug-likeness (QED) is 0.228. The second kappa shape index (κ2) is 12.9. The van der Waals surface area contributed by atoms with Crippen molar-refractivity contribution in [3.05, 3.63) is 130 Å². The highest BCUT2D eigenvalue weighted by atomic mass is 35.5. The first-order valence-electron chi connectivity index (χ1n) is 13.8. The Morgan fingerprint density at radius 3 is 2.12 bits per heavy atom. The van der Waals surface area contributed by atoms with Gasteiger partial charge in [-0.1, -0.05) is 77.8 Å². The van der Waals surface area contributed by atoms with Crippen LogP contribution in [0, 0.1) is 6.92 Å². The molecule has 0 spiro atoms. The Morgan fingerprint density at radius 2 is 1.44 bits per heavy atom.